The number of piperidine rings is 1. The van der Waals surface area contributed by atoms with E-state index in [1.807, 2.05) is 20.0 Å². The molecule has 1 saturated heterocycles. The number of nitrogens with zero attached hydrogens (tertiary/aromatic N) is 3. The van der Waals surface area contributed by atoms with E-state index in [0.29, 0.717) is 35.7 Å². The van der Waals surface area contributed by atoms with E-state index in [9.17, 15) is 9.90 Å². The maximum atomic E-state index is 11.7. The van der Waals surface area contributed by atoms with Crippen LogP contribution in [0.5, 0.6) is 5.75 Å². The van der Waals surface area contributed by atoms with Crippen LogP contribution in [-0.4, -0.2) is 59.9 Å². The second-order valence-corrected chi connectivity index (χ2v) is 7.32. The monoisotopic (exact) mass is 358 g/mol. The number of nitrogens with one attached hydrogen (secondary N) is 1. The molecule has 7 nitrogen and oxygen atoms in total. The van der Waals surface area contributed by atoms with Gasteiger partial charge in [-0.2, -0.15) is 5.26 Å². The minimum Gasteiger partial charge on any atom is -0.463 e. The highest BCUT2D eigenvalue weighted by atomic mass is 16.7. The standard InChI is InChI=1S/C19H26N4O3/c1-13(10-22-11-15-5-6-16(12-22)18(15)21-2)23(19(24)25)26-17-7-3-14(9-20)4-8-17/h3-4,7-8,13,15-16,18,21H,5-6,10-12H2,1-2H3,(H,24,25). The van der Waals surface area contributed by atoms with Gasteiger partial charge in [0.25, 0.3) is 0 Å². The lowest BCUT2D eigenvalue weighted by atomic mass is 9.92. The van der Waals surface area contributed by atoms with Gasteiger partial charge in [-0.15, -0.1) is 5.06 Å². The molecule has 1 saturated carbocycles. The number of likely N-dealkylation sites (tertiary alicyclic amines) is 1. The number of nitriles is 1. The largest absolute Gasteiger partial charge is 0.463 e. The highest BCUT2D eigenvalue weighted by Crippen LogP contribution is 2.36. The average Bonchev–Trinajstić information content (AvgIpc) is 2.89. The van der Waals surface area contributed by atoms with Crippen molar-refractivity contribution in [3.63, 3.8) is 0 Å². The number of benzene rings is 1. The molecule has 7 heteroatoms. The smallest absolute Gasteiger partial charge is 0.441 e. The maximum absolute atomic E-state index is 11.7. The predicted octanol–water partition coefficient (Wildman–Crippen LogP) is 2.15. The normalized spacial score (nSPS) is 26.1. The Morgan fingerprint density at radius 3 is 2.50 bits per heavy atom. The van der Waals surface area contributed by atoms with Crippen LogP contribution < -0.4 is 10.2 Å². The van der Waals surface area contributed by atoms with Gasteiger partial charge in [0.05, 0.1) is 17.7 Å². The van der Waals surface area contributed by atoms with E-state index in [2.05, 4.69) is 10.2 Å². The molecule has 0 radical (unpaired) electrons. The molecule has 1 heterocycles. The molecule has 1 aliphatic heterocycles. The number of hydroxylamine groups is 2. The summed E-state index contributed by atoms with van der Waals surface area (Å²) < 4.78 is 0. The average molecular weight is 358 g/mol. The number of carbonyl (C=O) groups is 1. The Morgan fingerprint density at radius 2 is 2.00 bits per heavy atom. The first kappa shape index (κ1) is 18.5. The Balaban J connectivity index is 1.61. The lowest BCUT2D eigenvalue weighted by Crippen LogP contribution is -2.54. The minimum absolute atomic E-state index is 0.298. The Labute approximate surface area is 154 Å². The zero-order valence-corrected chi connectivity index (χ0v) is 15.3. The van der Waals surface area contributed by atoms with Crippen LogP contribution in [0.15, 0.2) is 24.3 Å². The lowest BCUT2D eigenvalue weighted by molar-refractivity contribution is -0.0737. The number of hydrogen-bond acceptors (Lipinski definition) is 5. The van der Waals surface area contributed by atoms with Crippen LogP contribution in [-0.2, 0) is 0 Å². The molecule has 0 spiro atoms. The van der Waals surface area contributed by atoms with Crippen LogP contribution in [0.1, 0.15) is 25.3 Å². The zero-order valence-electron chi connectivity index (χ0n) is 15.3. The van der Waals surface area contributed by atoms with E-state index in [-0.39, 0.29) is 6.04 Å². The van der Waals surface area contributed by atoms with E-state index < -0.39 is 6.09 Å². The summed E-state index contributed by atoms with van der Waals surface area (Å²) in [5.41, 5.74) is 0.509. The van der Waals surface area contributed by atoms with Crippen LogP contribution in [0.4, 0.5) is 4.79 Å². The third-order valence-corrected chi connectivity index (χ3v) is 5.54. The molecule has 0 aromatic heterocycles. The summed E-state index contributed by atoms with van der Waals surface area (Å²) in [5, 5.41) is 22.9. The number of hydrogen-bond donors (Lipinski definition) is 2. The molecule has 1 aliphatic carbocycles. The molecular formula is C19H26N4O3. The fourth-order valence-electron chi connectivity index (χ4n) is 4.41. The van der Waals surface area contributed by atoms with Crippen LogP contribution in [0.25, 0.3) is 0 Å². The molecule has 140 valence electrons. The van der Waals surface area contributed by atoms with E-state index in [1.165, 1.54) is 12.8 Å². The van der Waals surface area contributed by atoms with Gasteiger partial charge < -0.3 is 20.2 Å². The Hall–Kier alpha value is -2.30. The van der Waals surface area contributed by atoms with Crippen molar-refractivity contribution < 1.29 is 14.7 Å². The van der Waals surface area contributed by atoms with Gasteiger partial charge in [0, 0.05) is 25.7 Å². The fraction of sp³-hybridized carbons (Fsp3) is 0.579. The van der Waals surface area contributed by atoms with Gasteiger partial charge in [0.2, 0.25) is 0 Å². The first-order chi connectivity index (χ1) is 12.5. The van der Waals surface area contributed by atoms with E-state index in [1.54, 1.807) is 24.3 Å². The van der Waals surface area contributed by atoms with Crippen molar-refractivity contribution in [1.82, 2.24) is 15.3 Å². The fourth-order valence-corrected chi connectivity index (χ4v) is 4.41. The summed E-state index contributed by atoms with van der Waals surface area (Å²) >= 11 is 0. The van der Waals surface area contributed by atoms with Gasteiger partial charge >= 0.3 is 6.09 Å². The number of rotatable bonds is 6. The molecule has 26 heavy (non-hydrogen) atoms. The molecule has 2 aliphatic rings. The summed E-state index contributed by atoms with van der Waals surface area (Å²) in [5.74, 6) is 1.69. The van der Waals surface area contributed by atoms with Gasteiger partial charge in [0.1, 0.15) is 0 Å². The molecule has 2 fully saturated rings. The topological polar surface area (TPSA) is 88.8 Å². The van der Waals surface area contributed by atoms with Crippen molar-refractivity contribution in [3.05, 3.63) is 29.8 Å². The summed E-state index contributed by atoms with van der Waals surface area (Å²) in [7, 11) is 2.03. The maximum Gasteiger partial charge on any atom is 0.441 e. The van der Waals surface area contributed by atoms with E-state index in [4.69, 9.17) is 10.1 Å². The second kappa shape index (κ2) is 7.94. The van der Waals surface area contributed by atoms with Crippen molar-refractivity contribution in [1.29, 1.82) is 5.26 Å². The van der Waals surface area contributed by atoms with Crippen molar-refractivity contribution in [2.75, 3.05) is 26.7 Å². The van der Waals surface area contributed by atoms with Crippen molar-refractivity contribution >= 4 is 6.09 Å². The van der Waals surface area contributed by atoms with Crippen molar-refractivity contribution in [2.45, 2.75) is 31.8 Å². The molecule has 2 bridgehead atoms. The first-order valence-corrected chi connectivity index (χ1v) is 9.11. The van der Waals surface area contributed by atoms with Crippen molar-refractivity contribution in [2.24, 2.45) is 11.8 Å². The van der Waals surface area contributed by atoms with Crippen molar-refractivity contribution in [3.8, 4) is 11.8 Å². The van der Waals surface area contributed by atoms with Crippen LogP contribution in [0, 0.1) is 23.2 Å². The number of fused-ring (bicyclic) bond motifs is 2. The van der Waals surface area contributed by atoms with Gasteiger partial charge in [-0.25, -0.2) is 4.79 Å². The lowest BCUT2D eigenvalue weighted by Gasteiger charge is -2.39. The Morgan fingerprint density at radius 1 is 1.38 bits per heavy atom. The van der Waals surface area contributed by atoms with Gasteiger partial charge in [-0.05, 0) is 62.9 Å². The third-order valence-electron chi connectivity index (χ3n) is 5.54. The Bertz CT molecular complexity index is 658. The molecule has 1 aromatic carbocycles. The molecular weight excluding hydrogens is 332 g/mol. The Kier molecular flexibility index (Phi) is 5.64. The van der Waals surface area contributed by atoms with Crippen LogP contribution >= 0.6 is 0 Å². The second-order valence-electron chi connectivity index (χ2n) is 7.32. The van der Waals surface area contributed by atoms with E-state index in [0.717, 1.165) is 18.2 Å². The summed E-state index contributed by atoms with van der Waals surface area (Å²) in [6, 6.07) is 8.77. The minimum atomic E-state index is -1.12. The molecule has 3 atom stereocenters. The van der Waals surface area contributed by atoms with Gasteiger partial charge in [0.15, 0.2) is 5.75 Å². The van der Waals surface area contributed by atoms with E-state index >= 15 is 0 Å². The highest BCUT2D eigenvalue weighted by molar-refractivity contribution is 5.64. The number of amides is 1. The van der Waals surface area contributed by atoms with Crippen LogP contribution in [0.2, 0.25) is 0 Å². The summed E-state index contributed by atoms with van der Waals surface area (Å²) in [6.45, 7) is 4.50. The molecule has 1 amide bonds. The first-order valence-electron chi connectivity index (χ1n) is 9.11. The molecule has 3 unspecified atom stereocenters. The van der Waals surface area contributed by atoms with Crippen LogP contribution in [0.3, 0.4) is 0 Å². The molecule has 3 rings (SSSR count). The third kappa shape index (κ3) is 3.92. The predicted molar refractivity (Wildman–Crippen MR) is 96.6 cm³/mol. The SMILES string of the molecule is CNC1C2CCC1CN(CC(C)N(Oc1ccc(C#N)cc1)C(=O)O)C2. The summed E-state index contributed by atoms with van der Waals surface area (Å²) in [4.78, 5) is 19.6. The van der Waals surface area contributed by atoms with Gasteiger partial charge in [-0.3, -0.25) is 0 Å². The van der Waals surface area contributed by atoms with Gasteiger partial charge in [-0.1, -0.05) is 0 Å². The molecule has 1 aromatic rings. The quantitative estimate of drug-likeness (QED) is 0.758. The molecule has 2 N–H and O–H groups in total. The number of carboxylic acid groups (broad SMARTS) is 1. The zero-order chi connectivity index (χ0) is 18.7. The highest BCUT2D eigenvalue weighted by Gasteiger charge is 2.41. The summed E-state index contributed by atoms with van der Waals surface area (Å²) in [6.07, 6.45) is 1.37.